The number of nitrogens with zero attached hydrogens (tertiary/aromatic N) is 1. The molecule has 0 unspecified atom stereocenters. The molecule has 0 aliphatic heterocycles. The molecular formula is C11H15N3O2. The number of pyridine rings is 1. The van der Waals surface area contributed by atoms with Gasteiger partial charge in [-0.1, -0.05) is 0 Å². The van der Waals surface area contributed by atoms with Crippen LogP contribution in [0.3, 0.4) is 0 Å². The number of nitrogen functional groups attached to an aromatic ring is 1. The number of nitrogens with one attached hydrogen (secondary N) is 1. The van der Waals surface area contributed by atoms with Crippen molar-refractivity contribution in [1.82, 2.24) is 10.3 Å². The van der Waals surface area contributed by atoms with Crippen molar-refractivity contribution >= 4 is 11.7 Å². The van der Waals surface area contributed by atoms with E-state index in [1.54, 1.807) is 19.2 Å². The molecular weight excluding hydrogens is 206 g/mol. The summed E-state index contributed by atoms with van der Waals surface area (Å²) in [5, 5.41) is 2.92. The van der Waals surface area contributed by atoms with E-state index < -0.39 is 0 Å². The standard InChI is InChI=1S/C11H15N3O2/c1-16-9-5-8(6-9)14-11(15)7-2-3-13-10(12)4-7/h2-4,8-9H,5-6H2,1H3,(H2,12,13)(H,14,15). The Hall–Kier alpha value is -1.62. The van der Waals surface area contributed by atoms with E-state index in [1.165, 1.54) is 6.20 Å². The van der Waals surface area contributed by atoms with Crippen LogP contribution >= 0.6 is 0 Å². The van der Waals surface area contributed by atoms with Crippen LogP contribution in [0.5, 0.6) is 0 Å². The third kappa shape index (κ3) is 2.30. The van der Waals surface area contributed by atoms with E-state index in [2.05, 4.69) is 10.3 Å². The summed E-state index contributed by atoms with van der Waals surface area (Å²) < 4.78 is 5.14. The van der Waals surface area contributed by atoms with Crippen LogP contribution in [0, 0.1) is 0 Å². The molecule has 0 spiro atoms. The minimum Gasteiger partial charge on any atom is -0.384 e. The van der Waals surface area contributed by atoms with Gasteiger partial charge in [0.15, 0.2) is 0 Å². The Balaban J connectivity index is 1.89. The fourth-order valence-corrected chi connectivity index (χ4v) is 1.73. The number of hydrogen-bond acceptors (Lipinski definition) is 4. The van der Waals surface area contributed by atoms with E-state index in [4.69, 9.17) is 10.5 Å². The minimum atomic E-state index is -0.103. The van der Waals surface area contributed by atoms with Gasteiger partial charge in [0, 0.05) is 24.9 Å². The highest BCUT2D eigenvalue weighted by Gasteiger charge is 2.30. The fraction of sp³-hybridized carbons (Fsp3) is 0.455. The third-order valence-electron chi connectivity index (χ3n) is 2.81. The molecule has 1 aliphatic carbocycles. The molecule has 0 bridgehead atoms. The molecule has 1 aromatic rings. The molecule has 1 aromatic heterocycles. The van der Waals surface area contributed by atoms with Crippen molar-refractivity contribution < 1.29 is 9.53 Å². The van der Waals surface area contributed by atoms with Gasteiger partial charge >= 0.3 is 0 Å². The molecule has 1 fully saturated rings. The van der Waals surface area contributed by atoms with Crippen LogP contribution < -0.4 is 11.1 Å². The highest BCUT2D eigenvalue weighted by molar-refractivity contribution is 5.94. The van der Waals surface area contributed by atoms with E-state index in [1.807, 2.05) is 0 Å². The van der Waals surface area contributed by atoms with E-state index in [0.717, 1.165) is 12.8 Å². The molecule has 5 heteroatoms. The average molecular weight is 221 g/mol. The van der Waals surface area contributed by atoms with Gasteiger partial charge in [-0.05, 0) is 25.0 Å². The van der Waals surface area contributed by atoms with Crippen molar-refractivity contribution in [2.24, 2.45) is 0 Å². The first-order chi connectivity index (χ1) is 7.69. The molecule has 1 heterocycles. The normalized spacial score (nSPS) is 23.6. The molecule has 3 N–H and O–H groups in total. The monoisotopic (exact) mass is 221 g/mol. The third-order valence-corrected chi connectivity index (χ3v) is 2.81. The smallest absolute Gasteiger partial charge is 0.251 e. The largest absolute Gasteiger partial charge is 0.384 e. The van der Waals surface area contributed by atoms with Gasteiger partial charge in [-0.2, -0.15) is 0 Å². The second kappa shape index (κ2) is 4.49. The first-order valence-corrected chi connectivity index (χ1v) is 5.24. The lowest BCUT2D eigenvalue weighted by Gasteiger charge is -2.34. The maximum atomic E-state index is 11.8. The number of methoxy groups -OCH3 is 1. The molecule has 5 nitrogen and oxygen atoms in total. The lowest BCUT2D eigenvalue weighted by molar-refractivity contribution is 0.0176. The van der Waals surface area contributed by atoms with Crippen LogP contribution in [-0.4, -0.2) is 30.1 Å². The van der Waals surface area contributed by atoms with Gasteiger partial charge in [-0.3, -0.25) is 4.79 Å². The Kier molecular flexibility index (Phi) is 3.05. The van der Waals surface area contributed by atoms with Crippen LogP contribution in [0.4, 0.5) is 5.82 Å². The predicted octanol–water partition coefficient (Wildman–Crippen LogP) is 0.571. The number of carbonyl (C=O) groups excluding carboxylic acids is 1. The van der Waals surface area contributed by atoms with Crippen molar-refractivity contribution in [3.05, 3.63) is 23.9 Å². The van der Waals surface area contributed by atoms with Crippen molar-refractivity contribution in [3.8, 4) is 0 Å². The Bertz CT molecular complexity index is 389. The van der Waals surface area contributed by atoms with Crippen LogP contribution in [-0.2, 0) is 4.74 Å². The van der Waals surface area contributed by atoms with Crippen LogP contribution in [0.25, 0.3) is 0 Å². The molecule has 0 aromatic carbocycles. The summed E-state index contributed by atoms with van der Waals surface area (Å²) in [6.07, 6.45) is 3.57. The molecule has 1 amide bonds. The summed E-state index contributed by atoms with van der Waals surface area (Å²) in [7, 11) is 1.69. The van der Waals surface area contributed by atoms with E-state index in [-0.39, 0.29) is 18.1 Å². The summed E-state index contributed by atoms with van der Waals surface area (Å²) in [5.74, 6) is 0.254. The lowest BCUT2D eigenvalue weighted by Crippen LogP contribution is -2.47. The molecule has 1 saturated carbocycles. The van der Waals surface area contributed by atoms with Crippen molar-refractivity contribution in [2.45, 2.75) is 25.0 Å². The van der Waals surface area contributed by atoms with E-state index in [0.29, 0.717) is 11.4 Å². The fourth-order valence-electron chi connectivity index (χ4n) is 1.73. The zero-order valence-electron chi connectivity index (χ0n) is 9.14. The number of aromatic nitrogens is 1. The SMILES string of the molecule is COC1CC(NC(=O)c2ccnc(N)c2)C1. The van der Waals surface area contributed by atoms with Gasteiger partial charge in [0.25, 0.3) is 5.91 Å². The minimum absolute atomic E-state index is 0.103. The number of rotatable bonds is 3. The maximum absolute atomic E-state index is 11.8. The zero-order chi connectivity index (χ0) is 11.5. The van der Waals surface area contributed by atoms with E-state index >= 15 is 0 Å². The summed E-state index contributed by atoms with van der Waals surface area (Å²) >= 11 is 0. The first-order valence-electron chi connectivity index (χ1n) is 5.24. The van der Waals surface area contributed by atoms with Crippen molar-refractivity contribution in [2.75, 3.05) is 12.8 Å². The zero-order valence-corrected chi connectivity index (χ0v) is 9.14. The summed E-state index contributed by atoms with van der Waals surface area (Å²) in [6, 6.07) is 3.44. The topological polar surface area (TPSA) is 77.2 Å². The number of amides is 1. The Labute approximate surface area is 94.0 Å². The lowest BCUT2D eigenvalue weighted by atomic mass is 9.89. The number of carbonyl (C=O) groups is 1. The predicted molar refractivity (Wildman–Crippen MR) is 59.9 cm³/mol. The maximum Gasteiger partial charge on any atom is 0.251 e. The van der Waals surface area contributed by atoms with Gasteiger partial charge in [0.1, 0.15) is 5.82 Å². The van der Waals surface area contributed by atoms with Gasteiger partial charge in [0.05, 0.1) is 6.10 Å². The Morgan fingerprint density at radius 2 is 2.38 bits per heavy atom. The average Bonchev–Trinajstić information content (AvgIpc) is 2.22. The highest BCUT2D eigenvalue weighted by Crippen LogP contribution is 2.22. The van der Waals surface area contributed by atoms with Crippen LogP contribution in [0.15, 0.2) is 18.3 Å². The van der Waals surface area contributed by atoms with Crippen LogP contribution in [0.1, 0.15) is 23.2 Å². The number of hydrogen-bond donors (Lipinski definition) is 2. The summed E-state index contributed by atoms with van der Waals surface area (Å²) in [5.41, 5.74) is 6.06. The molecule has 0 saturated heterocycles. The van der Waals surface area contributed by atoms with E-state index in [9.17, 15) is 4.79 Å². The number of ether oxygens (including phenoxy) is 1. The van der Waals surface area contributed by atoms with Gasteiger partial charge in [-0.25, -0.2) is 4.98 Å². The molecule has 16 heavy (non-hydrogen) atoms. The van der Waals surface area contributed by atoms with Gasteiger partial charge < -0.3 is 15.8 Å². The first kappa shape index (κ1) is 10.9. The quantitative estimate of drug-likeness (QED) is 0.782. The van der Waals surface area contributed by atoms with Crippen LogP contribution in [0.2, 0.25) is 0 Å². The molecule has 1 aliphatic rings. The molecule has 2 rings (SSSR count). The Morgan fingerprint density at radius 3 is 3.00 bits per heavy atom. The number of anilines is 1. The molecule has 0 atom stereocenters. The highest BCUT2D eigenvalue weighted by atomic mass is 16.5. The number of nitrogens with two attached hydrogens (primary N) is 1. The van der Waals surface area contributed by atoms with Gasteiger partial charge in [-0.15, -0.1) is 0 Å². The Morgan fingerprint density at radius 1 is 1.62 bits per heavy atom. The summed E-state index contributed by atoms with van der Waals surface area (Å²) in [4.78, 5) is 15.6. The van der Waals surface area contributed by atoms with Crippen molar-refractivity contribution in [1.29, 1.82) is 0 Å². The second-order valence-electron chi connectivity index (χ2n) is 3.97. The summed E-state index contributed by atoms with van der Waals surface area (Å²) in [6.45, 7) is 0. The second-order valence-corrected chi connectivity index (χ2v) is 3.97. The molecule has 86 valence electrons. The van der Waals surface area contributed by atoms with Gasteiger partial charge in [0.2, 0.25) is 0 Å². The van der Waals surface area contributed by atoms with Crippen molar-refractivity contribution in [3.63, 3.8) is 0 Å². The molecule has 0 radical (unpaired) electrons.